The second kappa shape index (κ2) is 7.16. The molecular formula is C19H21BrN2O4S. The third-order valence-corrected chi connectivity index (χ3v) is 6.82. The van der Waals surface area contributed by atoms with Crippen molar-refractivity contribution in [1.29, 1.82) is 0 Å². The van der Waals surface area contributed by atoms with E-state index in [0.717, 1.165) is 5.56 Å². The molecule has 1 aliphatic heterocycles. The van der Waals surface area contributed by atoms with Gasteiger partial charge in [-0.3, -0.25) is 9.52 Å². The maximum atomic E-state index is 12.9. The molecule has 27 heavy (non-hydrogen) atoms. The summed E-state index contributed by atoms with van der Waals surface area (Å²) < 4.78 is 34.3. The zero-order chi connectivity index (χ0) is 19.9. The molecule has 1 unspecified atom stereocenters. The maximum Gasteiger partial charge on any atom is 0.267 e. The fourth-order valence-corrected chi connectivity index (χ4v) is 4.97. The van der Waals surface area contributed by atoms with Crippen LogP contribution < -0.4 is 14.4 Å². The molecule has 6 nitrogen and oxygen atoms in total. The van der Waals surface area contributed by atoms with Crippen molar-refractivity contribution in [2.45, 2.75) is 37.7 Å². The fraction of sp³-hybridized carbons (Fsp3) is 0.316. The van der Waals surface area contributed by atoms with Crippen molar-refractivity contribution < 1.29 is 17.9 Å². The summed E-state index contributed by atoms with van der Waals surface area (Å²) in [7, 11) is -2.21. The van der Waals surface area contributed by atoms with E-state index in [9.17, 15) is 13.2 Å². The molecule has 0 spiro atoms. The molecule has 1 atom stereocenters. The third kappa shape index (κ3) is 3.82. The number of hydrogen-bond donors (Lipinski definition) is 1. The Morgan fingerprint density at radius 2 is 1.81 bits per heavy atom. The molecule has 0 saturated heterocycles. The number of benzene rings is 2. The van der Waals surface area contributed by atoms with Crippen molar-refractivity contribution in [3.63, 3.8) is 0 Å². The summed E-state index contributed by atoms with van der Waals surface area (Å²) in [5, 5.41) is 0. The van der Waals surface area contributed by atoms with Gasteiger partial charge in [0.15, 0.2) is 6.10 Å². The van der Waals surface area contributed by atoms with Gasteiger partial charge >= 0.3 is 0 Å². The van der Waals surface area contributed by atoms with Crippen LogP contribution in [0.4, 0.5) is 11.4 Å². The van der Waals surface area contributed by atoms with E-state index in [1.165, 1.54) is 11.0 Å². The van der Waals surface area contributed by atoms with Crippen LogP contribution in [0, 0.1) is 0 Å². The van der Waals surface area contributed by atoms with Crippen molar-refractivity contribution in [2.24, 2.45) is 0 Å². The molecule has 0 aromatic heterocycles. The maximum absolute atomic E-state index is 12.9. The van der Waals surface area contributed by atoms with Crippen LogP contribution in [-0.2, 0) is 14.8 Å². The van der Waals surface area contributed by atoms with Crippen molar-refractivity contribution in [3.05, 3.63) is 46.4 Å². The van der Waals surface area contributed by atoms with Crippen LogP contribution in [0.15, 0.2) is 45.8 Å². The van der Waals surface area contributed by atoms with Gasteiger partial charge in [0.1, 0.15) is 10.6 Å². The summed E-state index contributed by atoms with van der Waals surface area (Å²) >= 11 is 3.31. The summed E-state index contributed by atoms with van der Waals surface area (Å²) in [6.45, 7) is 5.78. The minimum atomic E-state index is -3.84. The molecule has 0 saturated carbocycles. The Kier molecular flexibility index (Phi) is 5.22. The first-order valence-electron chi connectivity index (χ1n) is 8.50. The van der Waals surface area contributed by atoms with Crippen LogP contribution in [-0.4, -0.2) is 27.5 Å². The number of sulfonamides is 1. The predicted molar refractivity (Wildman–Crippen MR) is 109 cm³/mol. The molecule has 1 N–H and O–H groups in total. The number of nitrogens with one attached hydrogen (secondary N) is 1. The first-order valence-corrected chi connectivity index (χ1v) is 10.8. The van der Waals surface area contributed by atoms with Gasteiger partial charge in [-0.15, -0.1) is 0 Å². The standard InChI is InChI=1S/C19H21BrN2O4S/c1-11(2)13-5-7-14(8-6-13)21-27(24,25)18-10-17-16(9-15(18)20)22(4)19(23)12(3)26-17/h5-12,21H,1-4H3. The molecule has 1 amide bonds. The Bertz CT molecular complexity index is 988. The van der Waals surface area contributed by atoms with Crippen LogP contribution in [0.5, 0.6) is 5.75 Å². The van der Waals surface area contributed by atoms with E-state index in [-0.39, 0.29) is 10.8 Å². The van der Waals surface area contributed by atoms with Gasteiger partial charge in [-0.05, 0) is 52.5 Å². The molecule has 0 aliphatic carbocycles. The number of anilines is 2. The van der Waals surface area contributed by atoms with Gasteiger partial charge in [-0.2, -0.15) is 0 Å². The van der Waals surface area contributed by atoms with Gasteiger partial charge in [0.2, 0.25) is 0 Å². The van der Waals surface area contributed by atoms with Crippen LogP contribution in [0.3, 0.4) is 0 Å². The SMILES string of the molecule is CC1Oc2cc(S(=O)(=O)Nc3ccc(C(C)C)cc3)c(Br)cc2N(C)C1=O. The van der Waals surface area contributed by atoms with Gasteiger partial charge < -0.3 is 9.64 Å². The van der Waals surface area contributed by atoms with Crippen LogP contribution in [0.1, 0.15) is 32.3 Å². The number of halogens is 1. The highest BCUT2D eigenvalue weighted by Crippen LogP contribution is 2.39. The van der Waals surface area contributed by atoms with E-state index < -0.39 is 16.1 Å². The first kappa shape index (κ1) is 19.7. The molecule has 0 bridgehead atoms. The summed E-state index contributed by atoms with van der Waals surface area (Å²) in [6.07, 6.45) is -0.671. The molecule has 3 rings (SSSR count). The Hall–Kier alpha value is -2.06. The quantitative estimate of drug-likeness (QED) is 0.756. The van der Waals surface area contributed by atoms with Gasteiger partial charge in [0, 0.05) is 23.3 Å². The van der Waals surface area contributed by atoms with Crippen molar-refractivity contribution in [2.75, 3.05) is 16.7 Å². The summed E-state index contributed by atoms with van der Waals surface area (Å²) in [5.41, 5.74) is 2.12. The number of ether oxygens (including phenoxy) is 1. The summed E-state index contributed by atoms with van der Waals surface area (Å²) in [6, 6.07) is 10.3. The minimum Gasteiger partial charge on any atom is -0.479 e. The predicted octanol–water partition coefficient (Wildman–Crippen LogP) is 4.12. The lowest BCUT2D eigenvalue weighted by molar-refractivity contribution is -0.125. The number of nitrogens with zero attached hydrogens (tertiary/aromatic N) is 1. The van der Waals surface area contributed by atoms with E-state index in [0.29, 0.717) is 27.5 Å². The Labute approximate surface area is 167 Å². The topological polar surface area (TPSA) is 75.7 Å². The average molecular weight is 453 g/mol. The highest BCUT2D eigenvalue weighted by molar-refractivity contribution is 9.10. The number of hydrogen-bond acceptors (Lipinski definition) is 4. The smallest absolute Gasteiger partial charge is 0.267 e. The molecule has 0 radical (unpaired) electrons. The average Bonchev–Trinajstić information content (AvgIpc) is 2.60. The van der Waals surface area contributed by atoms with E-state index in [1.54, 1.807) is 32.2 Å². The molecule has 1 heterocycles. The highest BCUT2D eigenvalue weighted by atomic mass is 79.9. The first-order chi connectivity index (χ1) is 12.6. The number of rotatable bonds is 4. The Morgan fingerprint density at radius 1 is 1.19 bits per heavy atom. The molecule has 8 heteroatoms. The van der Waals surface area contributed by atoms with E-state index >= 15 is 0 Å². The number of amides is 1. The molecule has 0 fully saturated rings. The molecular weight excluding hydrogens is 432 g/mol. The zero-order valence-electron chi connectivity index (χ0n) is 15.5. The zero-order valence-corrected chi connectivity index (χ0v) is 17.9. The second-order valence-electron chi connectivity index (χ2n) is 6.79. The molecule has 144 valence electrons. The minimum absolute atomic E-state index is 0.0455. The molecule has 1 aliphatic rings. The van der Waals surface area contributed by atoms with Gasteiger partial charge in [0.25, 0.3) is 15.9 Å². The third-order valence-electron chi connectivity index (χ3n) is 4.48. The Morgan fingerprint density at radius 3 is 2.41 bits per heavy atom. The van der Waals surface area contributed by atoms with Crippen molar-refractivity contribution in [1.82, 2.24) is 0 Å². The number of likely N-dealkylation sites (N-methyl/N-ethyl adjacent to an activating group) is 1. The van der Waals surface area contributed by atoms with Crippen LogP contribution in [0.2, 0.25) is 0 Å². The summed E-state index contributed by atoms with van der Waals surface area (Å²) in [4.78, 5) is 13.6. The normalized spacial score (nSPS) is 16.9. The number of carbonyl (C=O) groups is 1. The van der Waals surface area contributed by atoms with Crippen LogP contribution in [0.25, 0.3) is 0 Å². The van der Waals surface area contributed by atoms with Crippen molar-refractivity contribution in [3.8, 4) is 5.75 Å². The molecule has 2 aromatic carbocycles. The fourth-order valence-electron chi connectivity index (χ4n) is 2.87. The largest absolute Gasteiger partial charge is 0.479 e. The molecule has 2 aromatic rings. The Balaban J connectivity index is 1.95. The monoisotopic (exact) mass is 452 g/mol. The van der Waals surface area contributed by atoms with Crippen LogP contribution >= 0.6 is 15.9 Å². The lowest BCUT2D eigenvalue weighted by Gasteiger charge is -2.30. The van der Waals surface area contributed by atoms with Gasteiger partial charge in [0.05, 0.1) is 5.69 Å². The van der Waals surface area contributed by atoms with E-state index in [2.05, 4.69) is 34.5 Å². The second-order valence-corrected chi connectivity index (χ2v) is 9.30. The summed E-state index contributed by atoms with van der Waals surface area (Å²) in [5.74, 6) is 0.529. The van der Waals surface area contributed by atoms with E-state index in [4.69, 9.17) is 4.74 Å². The van der Waals surface area contributed by atoms with Gasteiger partial charge in [-0.1, -0.05) is 26.0 Å². The lowest BCUT2D eigenvalue weighted by atomic mass is 10.0. The van der Waals surface area contributed by atoms with E-state index in [1.807, 2.05) is 12.1 Å². The highest BCUT2D eigenvalue weighted by Gasteiger charge is 2.31. The van der Waals surface area contributed by atoms with Crippen molar-refractivity contribution >= 4 is 43.2 Å². The van der Waals surface area contributed by atoms with Gasteiger partial charge in [-0.25, -0.2) is 8.42 Å². The number of fused-ring (bicyclic) bond motifs is 1. The lowest BCUT2D eigenvalue weighted by Crippen LogP contribution is -2.42. The number of carbonyl (C=O) groups excluding carboxylic acids is 1.